The van der Waals surface area contributed by atoms with Crippen LogP contribution in [-0.4, -0.2) is 87.4 Å². The van der Waals surface area contributed by atoms with E-state index in [2.05, 4.69) is 4.90 Å². The number of Topliss-reactive ketones (excluding diaryl/α,β-unsaturated/α-hetero) is 1. The van der Waals surface area contributed by atoms with Crippen molar-refractivity contribution >= 4 is 17.5 Å². The molecule has 2 aliphatic rings. The average molecular weight is 406 g/mol. The molecule has 1 amide bonds. The minimum Gasteiger partial charge on any atom is -0.384 e. The van der Waals surface area contributed by atoms with Gasteiger partial charge in [0.2, 0.25) is 5.91 Å². The fourth-order valence-corrected chi connectivity index (χ4v) is 4.03. The second-order valence-electron chi connectivity index (χ2n) is 7.91. The first-order chi connectivity index (χ1) is 13.7. The van der Waals surface area contributed by atoms with Crippen LogP contribution in [-0.2, 0) is 18.9 Å². The summed E-state index contributed by atoms with van der Waals surface area (Å²) >= 11 is 0. The summed E-state index contributed by atoms with van der Waals surface area (Å²) in [5.74, 6) is -0.327. The summed E-state index contributed by atoms with van der Waals surface area (Å²) in [6, 6.07) is -0.543. The van der Waals surface area contributed by atoms with Crippen LogP contribution in [0.3, 0.4) is 0 Å². The number of nitrogen functional groups attached to an aromatic ring is 1. The number of nitrogens with zero attached hydrogens (tertiary/aromatic N) is 5. The largest absolute Gasteiger partial charge is 0.384 e. The molecule has 2 fully saturated rings. The van der Waals surface area contributed by atoms with Gasteiger partial charge in [0.1, 0.15) is 11.4 Å². The monoisotopic (exact) mass is 406 g/mol. The molecule has 29 heavy (non-hydrogen) atoms. The van der Waals surface area contributed by atoms with Crippen molar-refractivity contribution in [2.75, 3.05) is 51.5 Å². The number of hydrogen-bond acceptors (Lipinski definition) is 7. The zero-order valence-corrected chi connectivity index (χ0v) is 17.4. The zero-order chi connectivity index (χ0) is 21.3. The molecule has 2 saturated heterocycles. The van der Waals surface area contributed by atoms with Gasteiger partial charge in [0, 0.05) is 53.4 Å². The predicted molar refractivity (Wildman–Crippen MR) is 109 cm³/mol. The van der Waals surface area contributed by atoms with Crippen LogP contribution in [0.5, 0.6) is 0 Å². The van der Waals surface area contributed by atoms with E-state index in [1.54, 1.807) is 6.92 Å². The number of carbonyl (C=O) groups excluding carboxylic acids is 2. The minimum atomic E-state index is -0.669. The van der Waals surface area contributed by atoms with Crippen LogP contribution < -0.4 is 17.0 Å². The number of amides is 1. The predicted octanol–water partition coefficient (Wildman–Crippen LogP) is -1.52. The summed E-state index contributed by atoms with van der Waals surface area (Å²) in [6.45, 7) is 6.44. The normalized spacial score (nSPS) is 19.5. The Morgan fingerprint density at radius 3 is 2.14 bits per heavy atom. The number of anilines is 1. The number of ketones is 1. The summed E-state index contributed by atoms with van der Waals surface area (Å²) in [5.41, 5.74) is 4.54. The summed E-state index contributed by atoms with van der Waals surface area (Å²) in [6.07, 6.45) is 2.15. The molecular formula is C19H30N6O4. The number of aromatic nitrogens is 2. The van der Waals surface area contributed by atoms with Crippen molar-refractivity contribution in [1.82, 2.24) is 23.8 Å². The molecule has 0 saturated carbocycles. The molecule has 0 bridgehead atoms. The molecule has 1 aromatic heterocycles. The fourth-order valence-electron chi connectivity index (χ4n) is 4.03. The van der Waals surface area contributed by atoms with Gasteiger partial charge in [-0.25, -0.2) is 4.79 Å². The molecule has 0 radical (unpaired) electrons. The first kappa shape index (κ1) is 21.3. The van der Waals surface area contributed by atoms with Crippen molar-refractivity contribution < 1.29 is 9.59 Å². The second-order valence-corrected chi connectivity index (χ2v) is 7.91. The zero-order valence-electron chi connectivity index (χ0n) is 17.4. The van der Waals surface area contributed by atoms with E-state index in [1.165, 1.54) is 14.1 Å². The number of piperazine rings is 1. The molecule has 3 rings (SSSR count). The molecule has 0 aromatic carbocycles. The third-order valence-electron chi connectivity index (χ3n) is 6.11. The summed E-state index contributed by atoms with van der Waals surface area (Å²) in [5, 5.41) is 0. The van der Waals surface area contributed by atoms with Crippen LogP contribution in [0.4, 0.5) is 5.82 Å². The van der Waals surface area contributed by atoms with Crippen molar-refractivity contribution in [2.24, 2.45) is 14.1 Å². The summed E-state index contributed by atoms with van der Waals surface area (Å²) < 4.78 is 2.02. The maximum atomic E-state index is 13.0. The highest BCUT2D eigenvalue weighted by atomic mass is 16.2. The lowest BCUT2D eigenvalue weighted by Gasteiger charge is -2.37. The van der Waals surface area contributed by atoms with Crippen LogP contribution in [0, 0.1) is 0 Å². The molecule has 1 atom stereocenters. The van der Waals surface area contributed by atoms with Gasteiger partial charge in [0.05, 0.1) is 12.6 Å². The molecule has 10 nitrogen and oxygen atoms in total. The van der Waals surface area contributed by atoms with Crippen molar-refractivity contribution in [3.05, 3.63) is 26.4 Å². The number of nitrogens with two attached hydrogens (primary N) is 1. The Labute approximate surface area is 169 Å². The summed E-state index contributed by atoms with van der Waals surface area (Å²) in [4.78, 5) is 55.8. The number of likely N-dealkylation sites (tertiary alicyclic amines) is 1. The van der Waals surface area contributed by atoms with Crippen LogP contribution >= 0.6 is 0 Å². The fraction of sp³-hybridized carbons (Fsp3) is 0.684. The SMILES string of the molecule is CC(C(=O)c1c(N)n(C)c(=O)n(C)c1=O)N1CCN(CC(=O)N2CCCC2)CC1. The molecule has 160 valence electrons. The van der Waals surface area contributed by atoms with E-state index >= 15 is 0 Å². The molecule has 10 heteroatoms. The minimum absolute atomic E-state index is 0.107. The van der Waals surface area contributed by atoms with E-state index in [-0.39, 0.29) is 23.1 Å². The van der Waals surface area contributed by atoms with E-state index in [0.717, 1.165) is 35.1 Å². The molecule has 0 aliphatic carbocycles. The van der Waals surface area contributed by atoms with Crippen LogP contribution in [0.15, 0.2) is 9.59 Å². The van der Waals surface area contributed by atoms with Gasteiger partial charge >= 0.3 is 5.69 Å². The quantitative estimate of drug-likeness (QED) is 0.591. The van der Waals surface area contributed by atoms with Crippen molar-refractivity contribution in [3.63, 3.8) is 0 Å². The Hall–Kier alpha value is -2.46. The van der Waals surface area contributed by atoms with Gasteiger partial charge in [-0.1, -0.05) is 0 Å². The highest BCUT2D eigenvalue weighted by molar-refractivity contribution is 6.03. The van der Waals surface area contributed by atoms with Gasteiger partial charge in [0.15, 0.2) is 5.78 Å². The molecular weight excluding hydrogens is 376 g/mol. The van der Waals surface area contributed by atoms with Gasteiger partial charge in [0.25, 0.3) is 5.56 Å². The lowest BCUT2D eigenvalue weighted by atomic mass is 10.0. The third kappa shape index (κ3) is 4.13. The maximum absolute atomic E-state index is 13.0. The molecule has 1 unspecified atom stereocenters. The van der Waals surface area contributed by atoms with E-state index in [4.69, 9.17) is 5.73 Å². The van der Waals surface area contributed by atoms with Gasteiger partial charge in [-0.15, -0.1) is 0 Å². The topological polar surface area (TPSA) is 114 Å². The standard InChI is InChI=1S/C19H30N6O4/c1-13(16(27)15-17(20)21(2)19(29)22(3)18(15)28)24-10-8-23(9-11-24)12-14(26)25-6-4-5-7-25/h13H,4-12,20H2,1-3H3. The van der Waals surface area contributed by atoms with Gasteiger partial charge in [-0.3, -0.25) is 33.3 Å². The Kier molecular flexibility index (Phi) is 6.23. The van der Waals surface area contributed by atoms with Crippen molar-refractivity contribution in [3.8, 4) is 0 Å². The van der Waals surface area contributed by atoms with E-state index < -0.39 is 17.3 Å². The van der Waals surface area contributed by atoms with Gasteiger partial charge in [-0.05, 0) is 19.8 Å². The highest BCUT2D eigenvalue weighted by Gasteiger charge is 2.31. The maximum Gasteiger partial charge on any atom is 0.332 e. The Morgan fingerprint density at radius 1 is 0.966 bits per heavy atom. The van der Waals surface area contributed by atoms with Crippen LogP contribution in [0.2, 0.25) is 0 Å². The second kappa shape index (κ2) is 8.50. The van der Waals surface area contributed by atoms with E-state index in [1.807, 2.05) is 9.80 Å². The van der Waals surface area contributed by atoms with Crippen LogP contribution in [0.25, 0.3) is 0 Å². The highest BCUT2D eigenvalue weighted by Crippen LogP contribution is 2.14. The van der Waals surface area contributed by atoms with Crippen LogP contribution in [0.1, 0.15) is 30.1 Å². The van der Waals surface area contributed by atoms with Crippen molar-refractivity contribution in [1.29, 1.82) is 0 Å². The lowest BCUT2D eigenvalue weighted by molar-refractivity contribution is -0.131. The molecule has 2 N–H and O–H groups in total. The van der Waals surface area contributed by atoms with Gasteiger partial charge in [-0.2, -0.15) is 0 Å². The van der Waals surface area contributed by atoms with E-state index in [9.17, 15) is 19.2 Å². The number of carbonyl (C=O) groups is 2. The average Bonchev–Trinajstić information content (AvgIpc) is 3.26. The number of rotatable bonds is 5. The van der Waals surface area contributed by atoms with Crippen molar-refractivity contribution in [2.45, 2.75) is 25.8 Å². The molecule has 2 aliphatic heterocycles. The lowest BCUT2D eigenvalue weighted by Crippen LogP contribution is -2.54. The molecule has 0 spiro atoms. The van der Waals surface area contributed by atoms with Gasteiger partial charge < -0.3 is 10.6 Å². The Balaban J connectivity index is 1.64. The smallest absolute Gasteiger partial charge is 0.332 e. The molecule has 1 aromatic rings. The third-order valence-corrected chi connectivity index (χ3v) is 6.11. The first-order valence-corrected chi connectivity index (χ1v) is 10.1. The number of hydrogen-bond donors (Lipinski definition) is 1. The first-order valence-electron chi connectivity index (χ1n) is 10.1. The Bertz CT molecular complexity index is 907. The Morgan fingerprint density at radius 2 is 1.55 bits per heavy atom. The van der Waals surface area contributed by atoms with E-state index in [0.29, 0.717) is 32.7 Å². The summed E-state index contributed by atoms with van der Waals surface area (Å²) in [7, 11) is 2.77. The molecule has 3 heterocycles.